The first-order valence-electron chi connectivity index (χ1n) is 10.5. The molecule has 0 fully saturated rings. The lowest BCUT2D eigenvalue weighted by molar-refractivity contribution is 1.57. The van der Waals surface area contributed by atoms with Gasteiger partial charge in [0.25, 0.3) is 0 Å². The third kappa shape index (κ3) is 3.95. The molecule has 0 heterocycles. The van der Waals surface area contributed by atoms with E-state index in [1.54, 1.807) is 0 Å². The highest BCUT2D eigenvalue weighted by atomic mass is 14.1. The van der Waals surface area contributed by atoms with Crippen molar-refractivity contribution >= 4 is 13.3 Å². The molecule has 0 atom stereocenters. The summed E-state index contributed by atoms with van der Waals surface area (Å²) < 4.78 is 0. The molecule has 5 aromatic rings. The Labute approximate surface area is 185 Å². The highest BCUT2D eigenvalue weighted by Crippen LogP contribution is 2.36. The molecule has 0 bridgehead atoms. The van der Waals surface area contributed by atoms with E-state index >= 15 is 0 Å². The van der Waals surface area contributed by atoms with Crippen LogP contribution in [0.15, 0.2) is 127 Å². The van der Waals surface area contributed by atoms with Gasteiger partial charge in [0.1, 0.15) is 7.85 Å². The smallest absolute Gasteiger partial charge is 0.0955 e. The van der Waals surface area contributed by atoms with Crippen molar-refractivity contribution in [3.05, 3.63) is 127 Å². The summed E-state index contributed by atoms with van der Waals surface area (Å²) in [6.07, 6.45) is 0. The molecule has 144 valence electrons. The van der Waals surface area contributed by atoms with Gasteiger partial charge in [0.15, 0.2) is 0 Å². The summed E-state index contributed by atoms with van der Waals surface area (Å²) in [5, 5.41) is 0. The Morgan fingerprint density at radius 1 is 0.323 bits per heavy atom. The SMILES string of the molecule is [B]c1cc(-c2ccccc2-c2ccccc2)cc(-c2ccccc2-c2ccccc2)c1. The predicted molar refractivity (Wildman–Crippen MR) is 134 cm³/mol. The molecule has 0 N–H and O–H groups in total. The second kappa shape index (κ2) is 8.49. The zero-order chi connectivity index (χ0) is 21.0. The van der Waals surface area contributed by atoms with Crippen molar-refractivity contribution in [1.29, 1.82) is 0 Å². The topological polar surface area (TPSA) is 0 Å². The van der Waals surface area contributed by atoms with E-state index in [2.05, 4.69) is 115 Å². The van der Waals surface area contributed by atoms with E-state index in [4.69, 9.17) is 7.85 Å². The summed E-state index contributed by atoms with van der Waals surface area (Å²) in [4.78, 5) is 0. The van der Waals surface area contributed by atoms with Crippen molar-refractivity contribution in [2.24, 2.45) is 0 Å². The third-order valence-corrected chi connectivity index (χ3v) is 5.60. The van der Waals surface area contributed by atoms with E-state index < -0.39 is 0 Å². The molecule has 1 heteroatoms. The summed E-state index contributed by atoms with van der Waals surface area (Å²) in [6.45, 7) is 0. The number of hydrogen-bond donors (Lipinski definition) is 0. The van der Waals surface area contributed by atoms with Crippen molar-refractivity contribution in [3.8, 4) is 44.5 Å². The van der Waals surface area contributed by atoms with Crippen LogP contribution in [0.1, 0.15) is 0 Å². The van der Waals surface area contributed by atoms with Gasteiger partial charge in [-0.3, -0.25) is 0 Å². The fraction of sp³-hybridized carbons (Fsp3) is 0. The molecule has 0 amide bonds. The van der Waals surface area contributed by atoms with Crippen LogP contribution < -0.4 is 5.46 Å². The van der Waals surface area contributed by atoms with Crippen molar-refractivity contribution in [3.63, 3.8) is 0 Å². The Morgan fingerprint density at radius 3 is 1.03 bits per heavy atom. The van der Waals surface area contributed by atoms with E-state index in [9.17, 15) is 0 Å². The minimum atomic E-state index is 0.762. The van der Waals surface area contributed by atoms with E-state index in [1.807, 2.05) is 12.1 Å². The lowest BCUT2D eigenvalue weighted by Gasteiger charge is -2.15. The molecular formula is C30H21B. The predicted octanol–water partition coefficient (Wildman–Crippen LogP) is 7.15. The highest BCUT2D eigenvalue weighted by molar-refractivity contribution is 6.33. The van der Waals surface area contributed by atoms with Gasteiger partial charge in [-0.25, -0.2) is 0 Å². The zero-order valence-corrected chi connectivity index (χ0v) is 17.2. The largest absolute Gasteiger partial charge is 0.113 e. The highest BCUT2D eigenvalue weighted by Gasteiger charge is 2.11. The molecule has 5 aromatic carbocycles. The Bertz CT molecular complexity index is 1220. The fourth-order valence-electron chi connectivity index (χ4n) is 4.17. The molecule has 0 aliphatic carbocycles. The van der Waals surface area contributed by atoms with Gasteiger partial charge in [-0.1, -0.05) is 127 Å². The lowest BCUT2D eigenvalue weighted by atomic mass is 9.85. The van der Waals surface area contributed by atoms with E-state index in [0.29, 0.717) is 0 Å². The Morgan fingerprint density at radius 2 is 0.645 bits per heavy atom. The first kappa shape index (κ1) is 19.1. The Kier molecular flexibility index (Phi) is 5.25. The molecule has 5 rings (SSSR count). The third-order valence-electron chi connectivity index (χ3n) is 5.60. The molecule has 0 aliphatic heterocycles. The van der Waals surface area contributed by atoms with Crippen LogP contribution in [0.2, 0.25) is 0 Å². The minimum absolute atomic E-state index is 0.762. The van der Waals surface area contributed by atoms with Crippen LogP contribution >= 0.6 is 0 Å². The maximum Gasteiger partial charge on any atom is 0.113 e. The molecule has 0 saturated heterocycles. The summed E-state index contributed by atoms with van der Waals surface area (Å²) >= 11 is 0. The molecule has 2 radical (unpaired) electrons. The fourth-order valence-corrected chi connectivity index (χ4v) is 4.17. The summed E-state index contributed by atoms with van der Waals surface area (Å²) in [5.74, 6) is 0. The maximum absolute atomic E-state index is 6.41. The summed E-state index contributed by atoms with van der Waals surface area (Å²) in [5.41, 5.74) is 10.2. The molecule has 0 unspecified atom stereocenters. The van der Waals surface area contributed by atoms with E-state index in [0.717, 1.165) is 16.6 Å². The summed E-state index contributed by atoms with van der Waals surface area (Å²) in [6, 6.07) is 44.4. The van der Waals surface area contributed by atoms with Crippen molar-refractivity contribution < 1.29 is 0 Å². The van der Waals surface area contributed by atoms with Gasteiger partial charge in [0, 0.05) is 0 Å². The van der Waals surface area contributed by atoms with Gasteiger partial charge in [0.2, 0.25) is 0 Å². The van der Waals surface area contributed by atoms with Crippen LogP contribution in [-0.2, 0) is 0 Å². The molecule has 0 aliphatic rings. The van der Waals surface area contributed by atoms with E-state index in [1.165, 1.54) is 33.4 Å². The second-order valence-electron chi connectivity index (χ2n) is 7.67. The van der Waals surface area contributed by atoms with Gasteiger partial charge >= 0.3 is 0 Å². The van der Waals surface area contributed by atoms with Gasteiger partial charge in [0.05, 0.1) is 0 Å². The average Bonchev–Trinajstić information content (AvgIpc) is 2.85. The quantitative estimate of drug-likeness (QED) is 0.285. The second-order valence-corrected chi connectivity index (χ2v) is 7.67. The molecular weight excluding hydrogens is 371 g/mol. The Hall–Kier alpha value is -3.84. The molecule has 31 heavy (non-hydrogen) atoms. The van der Waals surface area contributed by atoms with Crippen LogP contribution in [0.4, 0.5) is 0 Å². The van der Waals surface area contributed by atoms with Gasteiger partial charge < -0.3 is 0 Å². The standard InChI is InChI=1S/C30H21B/c31-26-20-24(29-17-9-7-15-27(29)22-11-3-1-4-12-22)19-25(21-26)30-18-10-8-16-28(30)23-13-5-2-6-14-23/h1-21H. The number of hydrogen-bond acceptors (Lipinski definition) is 0. The zero-order valence-electron chi connectivity index (χ0n) is 17.2. The van der Waals surface area contributed by atoms with Gasteiger partial charge in [-0.05, 0) is 50.6 Å². The average molecular weight is 392 g/mol. The van der Waals surface area contributed by atoms with Crippen LogP contribution in [0, 0.1) is 0 Å². The Balaban J connectivity index is 1.68. The van der Waals surface area contributed by atoms with Gasteiger partial charge in [-0.2, -0.15) is 0 Å². The van der Waals surface area contributed by atoms with Crippen LogP contribution in [0.25, 0.3) is 44.5 Å². The minimum Gasteiger partial charge on any atom is -0.0955 e. The number of benzene rings is 5. The molecule has 0 aromatic heterocycles. The lowest BCUT2D eigenvalue weighted by Crippen LogP contribution is -2.03. The molecule has 0 nitrogen and oxygen atoms in total. The normalized spacial score (nSPS) is 10.7. The van der Waals surface area contributed by atoms with Crippen LogP contribution in [-0.4, -0.2) is 7.85 Å². The first-order valence-corrected chi connectivity index (χ1v) is 10.5. The summed E-state index contributed by atoms with van der Waals surface area (Å²) in [7, 11) is 6.41. The maximum atomic E-state index is 6.41. The van der Waals surface area contributed by atoms with Crippen molar-refractivity contribution in [2.75, 3.05) is 0 Å². The monoisotopic (exact) mass is 392 g/mol. The van der Waals surface area contributed by atoms with Crippen LogP contribution in [0.3, 0.4) is 0 Å². The van der Waals surface area contributed by atoms with Crippen molar-refractivity contribution in [2.45, 2.75) is 0 Å². The molecule has 0 saturated carbocycles. The van der Waals surface area contributed by atoms with Crippen LogP contribution in [0.5, 0.6) is 0 Å². The number of rotatable bonds is 4. The first-order chi connectivity index (χ1) is 15.3. The van der Waals surface area contributed by atoms with Gasteiger partial charge in [-0.15, -0.1) is 0 Å². The molecule has 0 spiro atoms. The van der Waals surface area contributed by atoms with E-state index in [-0.39, 0.29) is 0 Å². The van der Waals surface area contributed by atoms with Crippen molar-refractivity contribution in [1.82, 2.24) is 0 Å².